The minimum atomic E-state index is -0.223. The number of carbonyl (C=O) groups is 1. The van der Waals surface area contributed by atoms with E-state index in [1.54, 1.807) is 6.20 Å². The van der Waals surface area contributed by atoms with E-state index in [-0.39, 0.29) is 5.91 Å². The number of hydrogen-bond donors (Lipinski definition) is 1. The number of piperidine rings is 1. The molecule has 6 nitrogen and oxygen atoms in total. The second-order valence-electron chi connectivity index (χ2n) is 9.54. The van der Waals surface area contributed by atoms with Gasteiger partial charge in [-0.05, 0) is 79.3 Å². The van der Waals surface area contributed by atoms with Crippen LogP contribution in [0.4, 0.5) is 5.69 Å². The lowest BCUT2D eigenvalue weighted by Gasteiger charge is -2.31. The first-order valence-corrected chi connectivity index (χ1v) is 12.2. The largest absolute Gasteiger partial charge is 0.321 e. The van der Waals surface area contributed by atoms with Gasteiger partial charge in [0.05, 0.1) is 12.0 Å². The topological polar surface area (TPSA) is 63.0 Å². The van der Waals surface area contributed by atoms with Gasteiger partial charge in [0.1, 0.15) is 5.69 Å². The standard InChI is InChI=1S/C29H31N5O/c1-21-7-6-12-33(17-21)19-23-13-26(16-27(14-23)34-18-22(2)31-20-34)32-29(35)28-15-25(10-11-30-28)24-8-4-3-5-9-24/h3-5,8-11,13-16,18,20-21H,6-7,12,17,19H2,1-2H3,(H,32,35). The number of nitrogens with zero attached hydrogens (tertiary/aromatic N) is 4. The lowest BCUT2D eigenvalue weighted by Crippen LogP contribution is -2.33. The van der Waals surface area contributed by atoms with E-state index in [1.807, 2.05) is 72.5 Å². The zero-order chi connectivity index (χ0) is 24.2. The predicted molar refractivity (Wildman–Crippen MR) is 140 cm³/mol. The van der Waals surface area contributed by atoms with Crippen molar-refractivity contribution in [2.45, 2.75) is 33.2 Å². The van der Waals surface area contributed by atoms with Gasteiger partial charge in [-0.25, -0.2) is 4.98 Å². The molecule has 0 radical (unpaired) electrons. The van der Waals surface area contributed by atoms with Gasteiger partial charge in [0.15, 0.2) is 0 Å². The van der Waals surface area contributed by atoms with Crippen molar-refractivity contribution < 1.29 is 4.79 Å². The number of amides is 1. The van der Waals surface area contributed by atoms with Gasteiger partial charge in [-0.2, -0.15) is 0 Å². The van der Waals surface area contributed by atoms with Crippen LogP contribution in [0.3, 0.4) is 0 Å². The van der Waals surface area contributed by atoms with Crippen molar-refractivity contribution in [1.29, 1.82) is 0 Å². The summed E-state index contributed by atoms with van der Waals surface area (Å²) in [6.45, 7) is 7.36. The molecule has 178 valence electrons. The molecule has 1 N–H and O–H groups in total. The lowest BCUT2D eigenvalue weighted by atomic mass is 9.99. The van der Waals surface area contributed by atoms with Gasteiger partial charge in [-0.3, -0.25) is 14.7 Å². The Bertz CT molecular complexity index is 1310. The predicted octanol–water partition coefficient (Wildman–Crippen LogP) is 5.73. The summed E-state index contributed by atoms with van der Waals surface area (Å²) in [6, 6.07) is 20.0. The molecule has 0 saturated carbocycles. The number of aromatic nitrogens is 3. The number of pyridine rings is 1. The van der Waals surface area contributed by atoms with E-state index in [0.717, 1.165) is 47.8 Å². The summed E-state index contributed by atoms with van der Waals surface area (Å²) in [5.41, 5.74) is 6.27. The molecule has 1 atom stereocenters. The Morgan fingerprint density at radius 3 is 2.69 bits per heavy atom. The van der Waals surface area contributed by atoms with E-state index in [2.05, 4.69) is 39.2 Å². The summed E-state index contributed by atoms with van der Waals surface area (Å²) >= 11 is 0. The van der Waals surface area contributed by atoms with Crippen LogP contribution in [0.5, 0.6) is 0 Å². The quantitative estimate of drug-likeness (QED) is 0.395. The van der Waals surface area contributed by atoms with Crippen molar-refractivity contribution in [1.82, 2.24) is 19.4 Å². The Labute approximate surface area is 206 Å². The number of anilines is 1. The summed E-state index contributed by atoms with van der Waals surface area (Å²) in [4.78, 5) is 24.4. The van der Waals surface area contributed by atoms with Crippen LogP contribution in [0.15, 0.2) is 79.4 Å². The van der Waals surface area contributed by atoms with Crippen LogP contribution in [-0.2, 0) is 6.54 Å². The van der Waals surface area contributed by atoms with Crippen molar-refractivity contribution >= 4 is 11.6 Å². The highest BCUT2D eigenvalue weighted by Crippen LogP contribution is 2.24. The fourth-order valence-corrected chi connectivity index (χ4v) is 4.80. The van der Waals surface area contributed by atoms with Gasteiger partial charge in [0, 0.05) is 36.9 Å². The Morgan fingerprint density at radius 1 is 1.06 bits per heavy atom. The van der Waals surface area contributed by atoms with Crippen molar-refractivity contribution in [3.8, 4) is 16.8 Å². The fourth-order valence-electron chi connectivity index (χ4n) is 4.80. The average Bonchev–Trinajstić information content (AvgIpc) is 3.31. The molecule has 1 unspecified atom stereocenters. The van der Waals surface area contributed by atoms with E-state index in [0.29, 0.717) is 11.6 Å². The lowest BCUT2D eigenvalue weighted by molar-refractivity contribution is 0.102. The Balaban J connectivity index is 1.42. The molecular formula is C29H31N5O. The van der Waals surface area contributed by atoms with E-state index in [9.17, 15) is 4.79 Å². The van der Waals surface area contributed by atoms with E-state index in [4.69, 9.17) is 0 Å². The summed E-state index contributed by atoms with van der Waals surface area (Å²) in [5, 5.41) is 3.09. The normalized spacial score (nSPS) is 16.2. The molecule has 0 spiro atoms. The molecule has 4 aromatic rings. The smallest absolute Gasteiger partial charge is 0.274 e. The van der Waals surface area contributed by atoms with Crippen molar-refractivity contribution in [2.75, 3.05) is 18.4 Å². The average molecular weight is 466 g/mol. The van der Waals surface area contributed by atoms with Crippen molar-refractivity contribution in [3.63, 3.8) is 0 Å². The second-order valence-corrected chi connectivity index (χ2v) is 9.54. The maximum atomic E-state index is 13.2. The molecule has 1 saturated heterocycles. The zero-order valence-corrected chi connectivity index (χ0v) is 20.3. The van der Waals surface area contributed by atoms with Crippen molar-refractivity contribution in [3.05, 3.63) is 96.3 Å². The van der Waals surface area contributed by atoms with Crippen LogP contribution in [0.2, 0.25) is 0 Å². The van der Waals surface area contributed by atoms with Crippen LogP contribution >= 0.6 is 0 Å². The molecule has 2 aromatic heterocycles. The van der Waals surface area contributed by atoms with Gasteiger partial charge in [0.2, 0.25) is 0 Å². The van der Waals surface area contributed by atoms with Crippen LogP contribution in [-0.4, -0.2) is 38.4 Å². The molecular weight excluding hydrogens is 434 g/mol. The van der Waals surface area contributed by atoms with Gasteiger partial charge in [-0.1, -0.05) is 37.3 Å². The Kier molecular flexibility index (Phi) is 6.73. The fraction of sp³-hybridized carbons (Fsp3) is 0.276. The van der Waals surface area contributed by atoms with Crippen LogP contribution in [0.1, 0.15) is 41.5 Å². The molecule has 35 heavy (non-hydrogen) atoms. The number of benzene rings is 2. The molecule has 1 aliphatic rings. The first kappa shape index (κ1) is 23.0. The number of aryl methyl sites for hydroxylation is 1. The molecule has 1 fully saturated rings. The molecule has 1 aliphatic heterocycles. The third-order valence-corrected chi connectivity index (χ3v) is 6.49. The maximum absolute atomic E-state index is 13.2. The molecule has 6 heteroatoms. The number of nitrogens with one attached hydrogen (secondary N) is 1. The van der Waals surface area contributed by atoms with E-state index < -0.39 is 0 Å². The first-order chi connectivity index (χ1) is 17.0. The SMILES string of the molecule is Cc1cn(-c2cc(CN3CCCC(C)C3)cc(NC(=O)c3cc(-c4ccccc4)ccn3)c2)cn1. The summed E-state index contributed by atoms with van der Waals surface area (Å²) in [7, 11) is 0. The van der Waals surface area contributed by atoms with Crippen LogP contribution < -0.4 is 5.32 Å². The highest BCUT2D eigenvalue weighted by Gasteiger charge is 2.18. The summed E-state index contributed by atoms with van der Waals surface area (Å²) in [5.74, 6) is 0.490. The van der Waals surface area contributed by atoms with Crippen LogP contribution in [0.25, 0.3) is 16.8 Å². The van der Waals surface area contributed by atoms with Gasteiger partial charge in [-0.15, -0.1) is 0 Å². The molecule has 0 aliphatic carbocycles. The second kappa shape index (κ2) is 10.2. The van der Waals surface area contributed by atoms with E-state index >= 15 is 0 Å². The van der Waals surface area contributed by atoms with E-state index in [1.165, 1.54) is 18.4 Å². The highest BCUT2D eigenvalue weighted by atomic mass is 16.1. The van der Waals surface area contributed by atoms with Crippen LogP contribution in [0, 0.1) is 12.8 Å². The minimum Gasteiger partial charge on any atom is -0.321 e. The number of imidazole rings is 1. The van der Waals surface area contributed by atoms with Gasteiger partial charge in [0.25, 0.3) is 5.91 Å². The molecule has 0 bridgehead atoms. The number of hydrogen-bond acceptors (Lipinski definition) is 4. The highest BCUT2D eigenvalue weighted by molar-refractivity contribution is 6.03. The molecule has 2 aromatic carbocycles. The minimum absolute atomic E-state index is 0.223. The number of likely N-dealkylation sites (tertiary alicyclic amines) is 1. The third-order valence-electron chi connectivity index (χ3n) is 6.49. The summed E-state index contributed by atoms with van der Waals surface area (Å²) < 4.78 is 2.00. The Hall–Kier alpha value is -3.77. The summed E-state index contributed by atoms with van der Waals surface area (Å²) in [6.07, 6.45) is 8.02. The molecule has 1 amide bonds. The monoisotopic (exact) mass is 465 g/mol. The number of carbonyl (C=O) groups excluding carboxylic acids is 1. The van der Waals surface area contributed by atoms with Gasteiger partial charge < -0.3 is 9.88 Å². The van der Waals surface area contributed by atoms with Crippen molar-refractivity contribution in [2.24, 2.45) is 5.92 Å². The Morgan fingerprint density at radius 2 is 1.91 bits per heavy atom. The zero-order valence-electron chi connectivity index (χ0n) is 20.3. The van der Waals surface area contributed by atoms with Gasteiger partial charge >= 0.3 is 0 Å². The molecule has 3 heterocycles. The molecule has 5 rings (SSSR count). The number of rotatable bonds is 6. The maximum Gasteiger partial charge on any atom is 0.274 e. The third kappa shape index (κ3) is 5.66. The first-order valence-electron chi connectivity index (χ1n) is 12.2.